The highest BCUT2D eigenvalue weighted by Crippen LogP contribution is 2.33. The quantitative estimate of drug-likeness (QED) is 0.112. The van der Waals surface area contributed by atoms with Crippen LogP contribution in [-0.4, -0.2) is 49.0 Å². The average Bonchev–Trinajstić information content (AvgIpc) is 3.16. The number of aromatic nitrogens is 2. The van der Waals surface area contributed by atoms with Crippen molar-refractivity contribution in [1.82, 2.24) is 20.0 Å². The molecule has 0 aliphatic carbocycles. The molecule has 0 aliphatic rings. The molecule has 4 aromatic carbocycles. The molecule has 0 radical (unpaired) electrons. The topological polar surface area (TPSA) is 175 Å². The number of nitrogens with one attached hydrogen (secondary N) is 3. The Labute approximate surface area is 326 Å². The number of nitrogens with zero attached hydrogens (tertiary/aromatic N) is 2. The Bertz CT molecular complexity index is 2400. The fraction of sp³-hybridized carbons (Fsp3) is 0.175. The second-order valence-corrected chi connectivity index (χ2v) is 14.8. The number of alkyl carbamates (subject to hydrolysis) is 1. The van der Waals surface area contributed by atoms with Gasteiger partial charge in [0.05, 0.1) is 23.6 Å². The fourth-order valence-electron chi connectivity index (χ4n) is 5.12. The van der Waals surface area contributed by atoms with Gasteiger partial charge < -0.3 is 24.8 Å². The number of ether oxygens (including phenoxy) is 3. The highest BCUT2D eigenvalue weighted by atomic mass is 32.2. The lowest BCUT2D eigenvalue weighted by Crippen LogP contribution is -2.40. The summed E-state index contributed by atoms with van der Waals surface area (Å²) in [7, 11) is -3.15. The van der Waals surface area contributed by atoms with E-state index in [0.29, 0.717) is 29.1 Å². The maximum absolute atomic E-state index is 14.0. The molecule has 1 unspecified atom stereocenters. The summed E-state index contributed by atoms with van der Waals surface area (Å²) in [4.78, 5) is 48.4. The molecule has 1 aromatic heterocycles. The number of alkyl halides is 3. The van der Waals surface area contributed by atoms with Crippen LogP contribution in [0.15, 0.2) is 115 Å². The van der Waals surface area contributed by atoms with Crippen LogP contribution in [0.3, 0.4) is 0 Å². The van der Waals surface area contributed by atoms with Gasteiger partial charge in [0.25, 0.3) is 21.8 Å². The minimum atomic E-state index is -4.69. The molecule has 0 saturated heterocycles. The fourth-order valence-corrected chi connectivity index (χ4v) is 6.09. The van der Waals surface area contributed by atoms with E-state index in [9.17, 15) is 36.0 Å². The van der Waals surface area contributed by atoms with E-state index in [1.54, 1.807) is 32.9 Å². The van der Waals surface area contributed by atoms with Crippen molar-refractivity contribution in [3.05, 3.63) is 132 Å². The summed E-state index contributed by atoms with van der Waals surface area (Å²) in [5.41, 5.74) is -0.785. The predicted molar refractivity (Wildman–Crippen MR) is 204 cm³/mol. The summed E-state index contributed by atoms with van der Waals surface area (Å²) in [6.45, 7) is 8.76. The number of methoxy groups -OCH3 is 1. The Morgan fingerprint density at radius 3 is 2.16 bits per heavy atom. The molecular formula is C40H36F3N5O8S. The lowest BCUT2D eigenvalue weighted by Gasteiger charge is -2.24. The normalized spacial score (nSPS) is 12.1. The van der Waals surface area contributed by atoms with Crippen LogP contribution in [0.1, 0.15) is 53.9 Å². The van der Waals surface area contributed by atoms with Gasteiger partial charge >= 0.3 is 12.3 Å². The van der Waals surface area contributed by atoms with Crippen LogP contribution < -0.4 is 24.8 Å². The second-order valence-electron chi connectivity index (χ2n) is 13.1. The monoisotopic (exact) mass is 803 g/mol. The number of hydrogen-bond donors (Lipinski definition) is 3. The molecule has 0 bridgehead atoms. The van der Waals surface area contributed by atoms with Gasteiger partial charge in [-0.05, 0) is 74.9 Å². The average molecular weight is 804 g/mol. The Balaban J connectivity index is 1.42. The third kappa shape index (κ3) is 10.9. The van der Waals surface area contributed by atoms with Crippen molar-refractivity contribution in [3.63, 3.8) is 0 Å². The Hall–Kier alpha value is -6.75. The van der Waals surface area contributed by atoms with Crippen molar-refractivity contribution in [1.29, 1.82) is 0 Å². The molecule has 0 fully saturated rings. The first-order valence-corrected chi connectivity index (χ1v) is 18.4. The van der Waals surface area contributed by atoms with Gasteiger partial charge in [0.15, 0.2) is 5.82 Å². The zero-order chi connectivity index (χ0) is 41.5. The predicted octanol–water partition coefficient (Wildman–Crippen LogP) is 7.93. The zero-order valence-electron chi connectivity index (χ0n) is 30.9. The van der Waals surface area contributed by atoms with Crippen LogP contribution in [0.4, 0.5) is 23.7 Å². The first-order chi connectivity index (χ1) is 26.8. The summed E-state index contributed by atoms with van der Waals surface area (Å²) in [5, 5.41) is 5.17. The van der Waals surface area contributed by atoms with E-state index < -0.39 is 56.2 Å². The highest BCUT2D eigenvalue weighted by molar-refractivity contribution is 7.90. The molecule has 3 N–H and O–H groups in total. The van der Waals surface area contributed by atoms with Crippen LogP contribution in [0.25, 0.3) is 17.5 Å². The number of amides is 3. The molecule has 0 saturated carbocycles. The molecule has 5 aromatic rings. The molecule has 57 heavy (non-hydrogen) atoms. The molecule has 1 atom stereocenters. The van der Waals surface area contributed by atoms with Gasteiger partial charge in [0.1, 0.15) is 17.4 Å². The van der Waals surface area contributed by atoms with Gasteiger partial charge in [-0.2, -0.15) is 23.1 Å². The lowest BCUT2D eigenvalue weighted by molar-refractivity contribution is -0.137. The second kappa shape index (κ2) is 16.9. The third-order valence-electron chi connectivity index (χ3n) is 7.76. The standard InChI is InChI=1S/C40H36F3N5O8S/c1-6-24-15-16-26(22-31(24)55-33-23-32(54-5)45-35(46-33)25-11-8-7-9-12-25)34(47-38(51)56-39(2,3)4)37(50)44-29-14-10-13-27(21-29)36(49)48-57(52,53)30-19-17-28(18-20-30)40(41,42)43/h6-23,34H,1H2,2-5H3,(H,44,50)(H,47,51)(H,48,49). The number of anilines is 1. The van der Waals surface area contributed by atoms with Gasteiger partial charge in [-0.1, -0.05) is 61.2 Å². The molecular weight excluding hydrogens is 768 g/mol. The van der Waals surface area contributed by atoms with E-state index in [-0.39, 0.29) is 34.3 Å². The van der Waals surface area contributed by atoms with Crippen molar-refractivity contribution in [2.24, 2.45) is 0 Å². The van der Waals surface area contributed by atoms with Gasteiger partial charge in [0, 0.05) is 22.4 Å². The van der Waals surface area contributed by atoms with Gasteiger partial charge in [-0.15, -0.1) is 0 Å². The summed E-state index contributed by atoms with van der Waals surface area (Å²) < 4.78 is 83.4. The zero-order valence-corrected chi connectivity index (χ0v) is 31.7. The van der Waals surface area contributed by atoms with E-state index >= 15 is 0 Å². The van der Waals surface area contributed by atoms with E-state index in [0.717, 1.165) is 12.1 Å². The molecule has 1 heterocycles. The van der Waals surface area contributed by atoms with E-state index in [4.69, 9.17) is 14.2 Å². The molecule has 296 valence electrons. The smallest absolute Gasteiger partial charge is 0.416 e. The summed E-state index contributed by atoms with van der Waals surface area (Å²) >= 11 is 0. The molecule has 0 spiro atoms. The number of carbonyl (C=O) groups is 3. The first-order valence-electron chi connectivity index (χ1n) is 16.9. The number of rotatable bonds is 12. The van der Waals surface area contributed by atoms with Crippen molar-refractivity contribution in [3.8, 4) is 28.9 Å². The Kier molecular flexibility index (Phi) is 12.3. The van der Waals surface area contributed by atoms with Gasteiger partial charge in [-0.25, -0.2) is 17.9 Å². The van der Waals surface area contributed by atoms with Crippen LogP contribution in [0.5, 0.6) is 17.5 Å². The third-order valence-corrected chi connectivity index (χ3v) is 9.11. The van der Waals surface area contributed by atoms with E-state index in [1.165, 1.54) is 49.6 Å². The van der Waals surface area contributed by atoms with Crippen molar-refractivity contribution in [2.45, 2.75) is 43.5 Å². The maximum Gasteiger partial charge on any atom is 0.416 e. The van der Waals surface area contributed by atoms with Crippen molar-refractivity contribution in [2.75, 3.05) is 12.4 Å². The van der Waals surface area contributed by atoms with Crippen LogP contribution in [0, 0.1) is 0 Å². The van der Waals surface area contributed by atoms with Gasteiger partial charge in [-0.3, -0.25) is 9.59 Å². The minimum absolute atomic E-state index is 0.0243. The Morgan fingerprint density at radius 2 is 1.53 bits per heavy atom. The molecule has 13 nitrogen and oxygen atoms in total. The molecule has 17 heteroatoms. The van der Waals surface area contributed by atoms with E-state index in [1.807, 2.05) is 35.1 Å². The molecule has 3 amide bonds. The lowest BCUT2D eigenvalue weighted by atomic mass is 10.0. The van der Waals surface area contributed by atoms with E-state index in [2.05, 4.69) is 27.2 Å². The van der Waals surface area contributed by atoms with Crippen molar-refractivity contribution >= 4 is 39.7 Å². The molecule has 0 aliphatic heterocycles. The maximum atomic E-state index is 14.0. The number of benzene rings is 4. The number of hydrogen-bond acceptors (Lipinski definition) is 10. The van der Waals surface area contributed by atoms with Crippen molar-refractivity contribution < 1.29 is 50.2 Å². The highest BCUT2D eigenvalue weighted by Gasteiger charge is 2.31. The van der Waals surface area contributed by atoms with Crippen LogP contribution in [0.2, 0.25) is 0 Å². The van der Waals surface area contributed by atoms with Gasteiger partial charge in [0.2, 0.25) is 11.8 Å². The summed E-state index contributed by atoms with van der Waals surface area (Å²) in [6.07, 6.45) is -4.12. The summed E-state index contributed by atoms with van der Waals surface area (Å²) in [6, 6.07) is 21.6. The molecule has 5 rings (SSSR count). The SMILES string of the molecule is C=Cc1ccc(C(NC(=O)OC(C)(C)C)C(=O)Nc2cccc(C(=O)NS(=O)(=O)c3ccc(C(F)(F)F)cc3)c2)cc1Oc1cc(OC)nc(-c2ccccc2)n1. The summed E-state index contributed by atoms with van der Waals surface area (Å²) in [5.74, 6) is -1.11. The van der Waals surface area contributed by atoms with Crippen LogP contribution in [-0.2, 0) is 25.7 Å². The number of halogens is 3. The van der Waals surface area contributed by atoms with Crippen LogP contribution >= 0.6 is 0 Å². The number of carbonyl (C=O) groups excluding carboxylic acids is 3. The minimum Gasteiger partial charge on any atom is -0.481 e. The number of sulfonamides is 1. The Morgan fingerprint density at radius 1 is 0.842 bits per heavy atom. The largest absolute Gasteiger partial charge is 0.481 e. The first kappa shape index (κ1) is 41.4.